The predicted molar refractivity (Wildman–Crippen MR) is 72.3 cm³/mol. The minimum atomic E-state index is 0.187. The van der Waals surface area contributed by atoms with Crippen molar-refractivity contribution in [2.45, 2.75) is 45.2 Å². The zero-order chi connectivity index (χ0) is 13.1. The third-order valence-electron chi connectivity index (χ3n) is 3.20. The van der Waals surface area contributed by atoms with Gasteiger partial charge in [0.15, 0.2) is 0 Å². The van der Waals surface area contributed by atoms with Crippen LogP contribution >= 0.6 is 0 Å². The summed E-state index contributed by atoms with van der Waals surface area (Å²) in [5.74, 6) is 0. The van der Waals surface area contributed by atoms with E-state index in [-0.39, 0.29) is 6.04 Å². The first-order valence-corrected chi connectivity index (χ1v) is 6.67. The number of hydrogen-bond acceptors (Lipinski definition) is 4. The van der Waals surface area contributed by atoms with Crippen molar-refractivity contribution >= 4 is 0 Å². The van der Waals surface area contributed by atoms with Crippen molar-refractivity contribution in [2.24, 2.45) is 5.73 Å². The minimum Gasteiger partial charge on any atom is -0.385 e. The summed E-state index contributed by atoms with van der Waals surface area (Å²) >= 11 is 0. The van der Waals surface area contributed by atoms with Crippen molar-refractivity contribution in [3.63, 3.8) is 0 Å². The molecule has 0 aliphatic rings. The highest BCUT2D eigenvalue weighted by Crippen LogP contribution is 2.09. The van der Waals surface area contributed by atoms with Crippen molar-refractivity contribution in [2.75, 3.05) is 40.5 Å². The summed E-state index contributed by atoms with van der Waals surface area (Å²) in [6.45, 7) is 7.86. The van der Waals surface area contributed by atoms with Crippen LogP contribution in [0.5, 0.6) is 0 Å². The zero-order valence-corrected chi connectivity index (χ0v) is 11.9. The Morgan fingerprint density at radius 2 is 1.65 bits per heavy atom. The first-order chi connectivity index (χ1) is 8.19. The van der Waals surface area contributed by atoms with Gasteiger partial charge in [-0.05, 0) is 19.3 Å². The summed E-state index contributed by atoms with van der Waals surface area (Å²) in [7, 11) is 3.46. The van der Waals surface area contributed by atoms with E-state index in [1.165, 1.54) is 0 Å². The Bertz CT molecular complexity index is 163. The van der Waals surface area contributed by atoms with Gasteiger partial charge in [-0.25, -0.2) is 0 Å². The molecule has 1 unspecified atom stereocenters. The highest BCUT2D eigenvalue weighted by molar-refractivity contribution is 4.74. The van der Waals surface area contributed by atoms with Crippen LogP contribution in [0.2, 0.25) is 0 Å². The maximum atomic E-state index is 6.12. The summed E-state index contributed by atoms with van der Waals surface area (Å²) in [5, 5.41) is 0. The highest BCUT2D eigenvalue weighted by Gasteiger charge is 2.17. The van der Waals surface area contributed by atoms with Crippen molar-refractivity contribution in [1.82, 2.24) is 4.90 Å². The average molecular weight is 246 g/mol. The quantitative estimate of drug-likeness (QED) is 0.600. The van der Waals surface area contributed by atoms with Crippen LogP contribution in [0.4, 0.5) is 0 Å². The van der Waals surface area contributed by atoms with Gasteiger partial charge in [0.25, 0.3) is 0 Å². The van der Waals surface area contributed by atoms with E-state index in [1.54, 1.807) is 14.2 Å². The molecule has 0 saturated heterocycles. The Morgan fingerprint density at radius 1 is 1.06 bits per heavy atom. The van der Waals surface area contributed by atoms with Gasteiger partial charge < -0.3 is 15.2 Å². The van der Waals surface area contributed by atoms with E-state index < -0.39 is 0 Å². The molecule has 4 heteroatoms. The Kier molecular flexibility index (Phi) is 10.9. The molecule has 0 saturated carbocycles. The Balaban J connectivity index is 4.15. The monoisotopic (exact) mass is 246 g/mol. The topological polar surface area (TPSA) is 47.7 Å². The van der Waals surface area contributed by atoms with Crippen molar-refractivity contribution < 1.29 is 9.47 Å². The van der Waals surface area contributed by atoms with E-state index in [1.807, 2.05) is 0 Å². The molecule has 0 radical (unpaired) electrons. The second-order valence-corrected chi connectivity index (χ2v) is 4.50. The molecule has 0 amide bonds. The summed E-state index contributed by atoms with van der Waals surface area (Å²) in [5.41, 5.74) is 6.12. The largest absolute Gasteiger partial charge is 0.385 e. The zero-order valence-electron chi connectivity index (χ0n) is 11.9. The second-order valence-electron chi connectivity index (χ2n) is 4.50. The van der Waals surface area contributed by atoms with Crippen LogP contribution in [0.25, 0.3) is 0 Å². The number of methoxy groups -OCH3 is 2. The Labute approximate surface area is 106 Å². The minimum absolute atomic E-state index is 0.187. The van der Waals surface area contributed by atoms with Gasteiger partial charge in [0.05, 0.1) is 6.61 Å². The molecule has 0 fully saturated rings. The van der Waals surface area contributed by atoms with Crippen LogP contribution in [0.3, 0.4) is 0 Å². The van der Waals surface area contributed by atoms with Crippen LogP contribution in [-0.2, 0) is 9.47 Å². The van der Waals surface area contributed by atoms with E-state index >= 15 is 0 Å². The first kappa shape index (κ1) is 16.8. The fraction of sp³-hybridized carbons (Fsp3) is 1.00. The molecule has 0 aromatic carbocycles. The van der Waals surface area contributed by atoms with Gasteiger partial charge in [0.1, 0.15) is 0 Å². The standard InChI is InChI=1S/C13H30N2O2/c1-5-13(6-2)15(8-10-17-4)11-12(14)7-9-16-3/h12-13H,5-11,14H2,1-4H3. The van der Waals surface area contributed by atoms with Gasteiger partial charge in [0.2, 0.25) is 0 Å². The van der Waals surface area contributed by atoms with Crippen LogP contribution < -0.4 is 5.73 Å². The third-order valence-corrected chi connectivity index (χ3v) is 3.20. The number of rotatable bonds is 11. The summed E-state index contributed by atoms with van der Waals surface area (Å²) in [4.78, 5) is 2.45. The molecule has 0 spiro atoms. The number of nitrogens with zero attached hydrogens (tertiary/aromatic N) is 1. The Hall–Kier alpha value is -0.160. The lowest BCUT2D eigenvalue weighted by atomic mass is 10.1. The first-order valence-electron chi connectivity index (χ1n) is 6.67. The molecule has 0 heterocycles. The number of hydrogen-bond donors (Lipinski definition) is 1. The molecule has 0 aliphatic carbocycles. The lowest BCUT2D eigenvalue weighted by Gasteiger charge is -2.32. The van der Waals surface area contributed by atoms with E-state index in [2.05, 4.69) is 18.7 Å². The van der Waals surface area contributed by atoms with E-state index in [0.29, 0.717) is 6.04 Å². The molecule has 1 atom stereocenters. The molecule has 0 aromatic rings. The maximum Gasteiger partial charge on any atom is 0.0589 e. The third kappa shape index (κ3) is 7.71. The van der Waals surface area contributed by atoms with Crippen LogP contribution in [0, 0.1) is 0 Å². The van der Waals surface area contributed by atoms with Gasteiger partial charge in [-0.1, -0.05) is 13.8 Å². The fourth-order valence-electron chi connectivity index (χ4n) is 2.10. The van der Waals surface area contributed by atoms with Gasteiger partial charge in [0, 0.05) is 46.0 Å². The molecule has 0 aromatic heterocycles. The van der Waals surface area contributed by atoms with E-state index in [9.17, 15) is 0 Å². The van der Waals surface area contributed by atoms with Crippen LogP contribution in [0.1, 0.15) is 33.1 Å². The van der Waals surface area contributed by atoms with Crippen molar-refractivity contribution in [3.05, 3.63) is 0 Å². The smallest absolute Gasteiger partial charge is 0.0589 e. The molecular weight excluding hydrogens is 216 g/mol. The van der Waals surface area contributed by atoms with Crippen LogP contribution in [0.15, 0.2) is 0 Å². The lowest BCUT2D eigenvalue weighted by molar-refractivity contribution is 0.104. The molecule has 0 bridgehead atoms. The molecule has 4 nitrogen and oxygen atoms in total. The van der Waals surface area contributed by atoms with Crippen LogP contribution in [-0.4, -0.2) is 57.5 Å². The second kappa shape index (κ2) is 11.0. The number of nitrogens with two attached hydrogens (primary N) is 1. The molecular formula is C13H30N2O2. The summed E-state index contributed by atoms with van der Waals surface area (Å²) in [6.07, 6.45) is 3.24. The van der Waals surface area contributed by atoms with Gasteiger partial charge in [-0.2, -0.15) is 0 Å². The van der Waals surface area contributed by atoms with Gasteiger partial charge >= 0.3 is 0 Å². The molecule has 0 aliphatic heterocycles. The predicted octanol–water partition coefficient (Wildman–Crippen LogP) is 1.49. The molecule has 17 heavy (non-hydrogen) atoms. The van der Waals surface area contributed by atoms with Crippen molar-refractivity contribution in [3.8, 4) is 0 Å². The van der Waals surface area contributed by atoms with E-state index in [4.69, 9.17) is 15.2 Å². The molecule has 2 N–H and O–H groups in total. The number of ether oxygens (including phenoxy) is 2. The fourth-order valence-corrected chi connectivity index (χ4v) is 2.10. The summed E-state index contributed by atoms with van der Waals surface area (Å²) < 4.78 is 10.2. The Morgan fingerprint density at radius 3 is 2.12 bits per heavy atom. The molecule has 104 valence electrons. The van der Waals surface area contributed by atoms with Gasteiger partial charge in [-0.15, -0.1) is 0 Å². The maximum absolute atomic E-state index is 6.12. The summed E-state index contributed by atoms with van der Waals surface area (Å²) in [6, 6.07) is 0.797. The average Bonchev–Trinajstić information content (AvgIpc) is 2.34. The molecule has 0 rings (SSSR count). The van der Waals surface area contributed by atoms with Gasteiger partial charge in [-0.3, -0.25) is 4.90 Å². The van der Waals surface area contributed by atoms with E-state index in [0.717, 1.165) is 45.6 Å². The lowest BCUT2D eigenvalue weighted by Crippen LogP contribution is -2.45. The SMILES string of the molecule is CCC(CC)N(CCOC)CC(N)CCOC. The normalized spacial score (nSPS) is 13.6. The van der Waals surface area contributed by atoms with Crippen molar-refractivity contribution in [1.29, 1.82) is 0 Å². The highest BCUT2D eigenvalue weighted by atomic mass is 16.5.